The highest BCUT2D eigenvalue weighted by atomic mass is 79.9. The van der Waals surface area contributed by atoms with Crippen LogP contribution in [0.1, 0.15) is 85.3 Å². The fraction of sp³-hybridized carbons (Fsp3) is 0.302. The molecule has 2 atom stereocenters. The average Bonchev–Trinajstić information content (AvgIpc) is 3.89. The molecule has 0 aliphatic carbocycles. The van der Waals surface area contributed by atoms with E-state index in [1.807, 2.05) is 59.5 Å². The molecule has 2 unspecified atom stereocenters. The van der Waals surface area contributed by atoms with E-state index in [0.29, 0.717) is 79.6 Å². The van der Waals surface area contributed by atoms with Gasteiger partial charge in [0.15, 0.2) is 0 Å². The van der Waals surface area contributed by atoms with Crippen molar-refractivity contribution >= 4 is 57.1 Å². The molecule has 0 saturated carbocycles. The lowest BCUT2D eigenvalue weighted by atomic mass is 10.0. The van der Waals surface area contributed by atoms with E-state index >= 15 is 0 Å². The number of anilines is 1. The molecule has 5 heterocycles. The molecule has 5 aliphatic rings. The number of nitriles is 1. The van der Waals surface area contributed by atoms with E-state index in [9.17, 15) is 33.2 Å². The first-order valence-electron chi connectivity index (χ1n) is 23.1. The third-order valence-corrected chi connectivity index (χ3v) is 13.9. The van der Waals surface area contributed by atoms with Crippen LogP contribution in [-0.4, -0.2) is 88.4 Å². The number of imide groups is 2. The van der Waals surface area contributed by atoms with Gasteiger partial charge in [0.05, 0.1) is 30.4 Å². The molecule has 0 aromatic heterocycles. The summed E-state index contributed by atoms with van der Waals surface area (Å²) >= 11 is 3.43. The number of nitrogens with zero attached hydrogens (tertiary/aromatic N) is 5. The molecule has 15 nitrogen and oxygen atoms in total. The summed E-state index contributed by atoms with van der Waals surface area (Å²) in [6, 6.07) is 32.3. The van der Waals surface area contributed by atoms with Gasteiger partial charge in [-0.15, -0.1) is 0 Å². The maximum atomic E-state index is 14.4. The fourth-order valence-corrected chi connectivity index (χ4v) is 9.78. The monoisotopic (exact) mass is 1010 g/mol. The van der Waals surface area contributed by atoms with Crippen LogP contribution in [0.3, 0.4) is 0 Å². The van der Waals surface area contributed by atoms with E-state index < -0.39 is 23.9 Å². The van der Waals surface area contributed by atoms with Gasteiger partial charge < -0.3 is 24.2 Å². The second kappa shape index (κ2) is 21.1. The number of hydrogen-bond acceptors (Lipinski definition) is 11. The summed E-state index contributed by atoms with van der Waals surface area (Å²) in [5.41, 5.74) is 7.86. The first-order valence-corrected chi connectivity index (χ1v) is 24.3. The molecular formula is C53H49BrFN7O8. The summed E-state index contributed by atoms with van der Waals surface area (Å²) in [4.78, 5) is 80.7. The van der Waals surface area contributed by atoms with Gasteiger partial charge in [0.1, 0.15) is 42.6 Å². The van der Waals surface area contributed by atoms with Gasteiger partial charge in [-0.25, -0.2) is 4.39 Å². The summed E-state index contributed by atoms with van der Waals surface area (Å²) in [5, 5.41) is 14.4. The van der Waals surface area contributed by atoms with Gasteiger partial charge in [0.2, 0.25) is 23.6 Å². The van der Waals surface area contributed by atoms with E-state index in [2.05, 4.69) is 43.6 Å². The van der Waals surface area contributed by atoms with Gasteiger partial charge in [-0.2, -0.15) is 5.26 Å². The van der Waals surface area contributed by atoms with Gasteiger partial charge in [0, 0.05) is 73.1 Å². The van der Waals surface area contributed by atoms with Crippen LogP contribution in [0.4, 0.5) is 10.1 Å². The van der Waals surface area contributed by atoms with E-state index in [1.54, 1.807) is 36.4 Å². The van der Waals surface area contributed by atoms with E-state index in [4.69, 9.17) is 14.7 Å². The number of halogens is 2. The van der Waals surface area contributed by atoms with Crippen LogP contribution in [0.25, 0.3) is 0 Å². The minimum absolute atomic E-state index is 0.198. The Morgan fingerprint density at radius 3 is 1.57 bits per heavy atom. The van der Waals surface area contributed by atoms with Crippen molar-refractivity contribution in [1.82, 2.24) is 25.3 Å². The highest BCUT2D eigenvalue weighted by Crippen LogP contribution is 2.36. The highest BCUT2D eigenvalue weighted by molar-refractivity contribution is 9.08. The number of ether oxygens (including phenoxy) is 2. The summed E-state index contributed by atoms with van der Waals surface area (Å²) in [6.07, 6.45) is 1.12. The Morgan fingerprint density at radius 1 is 0.629 bits per heavy atom. The van der Waals surface area contributed by atoms with Gasteiger partial charge in [0.25, 0.3) is 11.8 Å². The maximum absolute atomic E-state index is 14.4. The normalized spacial score (nSPS) is 18.9. The second-order valence-electron chi connectivity index (χ2n) is 17.7. The Kier molecular flexibility index (Phi) is 14.3. The molecule has 10 rings (SSSR count). The topological polar surface area (TPSA) is 182 Å². The lowest BCUT2D eigenvalue weighted by Crippen LogP contribution is -2.52. The molecule has 70 heavy (non-hydrogen) atoms. The molecule has 358 valence electrons. The molecule has 0 radical (unpaired) electrons. The average molecular weight is 1010 g/mol. The molecule has 5 aromatic rings. The van der Waals surface area contributed by atoms with Crippen molar-refractivity contribution in [2.24, 2.45) is 0 Å². The number of fused-ring (bicyclic) bond motifs is 2. The molecule has 0 bridgehead atoms. The smallest absolute Gasteiger partial charge is 0.255 e. The number of carbonyl (C=O) groups is 6. The zero-order valence-corrected chi connectivity index (χ0v) is 39.7. The second-order valence-corrected chi connectivity index (χ2v) is 18.3. The van der Waals surface area contributed by atoms with Gasteiger partial charge in [-0.1, -0.05) is 76.6 Å². The van der Waals surface area contributed by atoms with Crippen molar-refractivity contribution in [3.05, 3.63) is 159 Å². The van der Waals surface area contributed by atoms with E-state index in [-0.39, 0.29) is 48.8 Å². The zero-order chi connectivity index (χ0) is 48.9. The molecule has 6 amide bonds. The third kappa shape index (κ3) is 10.4. The van der Waals surface area contributed by atoms with Crippen molar-refractivity contribution in [2.45, 2.75) is 75.9 Å². The van der Waals surface area contributed by atoms with Gasteiger partial charge in [-0.3, -0.25) is 44.3 Å². The SMILES string of the molecule is N#Cc1ccc(N2CCN(Cc3ccc(COc4cccc5c4CN(C4CCC(=O)NC4=O)C5=O)cc3)CC2)c(F)c1.O=C1CCC(N2Cc3c(OCc4ccc(CBr)cc4)cccc3C2=O)C(=O)N1. The van der Waals surface area contributed by atoms with Crippen LogP contribution >= 0.6 is 15.9 Å². The Hall–Kier alpha value is -7.42. The maximum Gasteiger partial charge on any atom is 0.255 e. The predicted octanol–water partition coefficient (Wildman–Crippen LogP) is 6.28. The predicted molar refractivity (Wildman–Crippen MR) is 258 cm³/mol. The lowest BCUT2D eigenvalue weighted by Gasteiger charge is -2.36. The summed E-state index contributed by atoms with van der Waals surface area (Å²) in [5.74, 6) is -0.979. The van der Waals surface area contributed by atoms with Gasteiger partial charge in [-0.05, 0) is 77.6 Å². The quantitative estimate of drug-likeness (QED) is 0.106. The van der Waals surface area contributed by atoms with Crippen LogP contribution in [0.2, 0.25) is 0 Å². The Labute approximate surface area is 412 Å². The minimum Gasteiger partial charge on any atom is -0.489 e. The Morgan fingerprint density at radius 2 is 1.11 bits per heavy atom. The first kappa shape index (κ1) is 47.6. The van der Waals surface area contributed by atoms with E-state index in [0.717, 1.165) is 47.2 Å². The number of nitrogens with one attached hydrogen (secondary N) is 2. The molecule has 5 aromatic carbocycles. The first-order chi connectivity index (χ1) is 34.0. The summed E-state index contributed by atoms with van der Waals surface area (Å²) < 4.78 is 26.5. The van der Waals surface area contributed by atoms with Crippen LogP contribution in [0.15, 0.2) is 103 Å². The molecular weight excluding hydrogens is 962 g/mol. The van der Waals surface area contributed by atoms with Crippen molar-refractivity contribution < 1.29 is 42.6 Å². The zero-order valence-electron chi connectivity index (χ0n) is 38.1. The number of amides is 6. The fourth-order valence-electron chi connectivity index (χ4n) is 9.41. The molecule has 5 aliphatic heterocycles. The summed E-state index contributed by atoms with van der Waals surface area (Å²) in [7, 11) is 0. The number of piperazine rings is 1. The molecule has 2 N–H and O–H groups in total. The molecule has 17 heteroatoms. The Bertz CT molecular complexity index is 2900. The molecule has 0 spiro atoms. The van der Waals surface area contributed by atoms with Crippen molar-refractivity contribution in [2.75, 3.05) is 31.1 Å². The van der Waals surface area contributed by atoms with Crippen molar-refractivity contribution in [3.8, 4) is 17.6 Å². The van der Waals surface area contributed by atoms with Crippen molar-refractivity contribution in [1.29, 1.82) is 5.26 Å². The largest absolute Gasteiger partial charge is 0.489 e. The van der Waals surface area contributed by atoms with Crippen LogP contribution in [-0.2, 0) is 57.4 Å². The third-order valence-electron chi connectivity index (χ3n) is 13.3. The number of benzene rings is 5. The number of piperidine rings is 2. The van der Waals surface area contributed by atoms with Gasteiger partial charge >= 0.3 is 0 Å². The van der Waals surface area contributed by atoms with Crippen LogP contribution in [0.5, 0.6) is 11.5 Å². The Balaban J connectivity index is 0.000000188. The molecule has 3 fully saturated rings. The van der Waals surface area contributed by atoms with Crippen LogP contribution < -0.4 is 25.0 Å². The molecule has 3 saturated heterocycles. The lowest BCUT2D eigenvalue weighted by molar-refractivity contribution is -0.138. The minimum atomic E-state index is -0.664. The number of alkyl halides is 1. The number of carbonyl (C=O) groups excluding carboxylic acids is 6. The van der Waals surface area contributed by atoms with E-state index in [1.165, 1.54) is 27.0 Å². The summed E-state index contributed by atoms with van der Waals surface area (Å²) in [6.45, 7) is 5.11. The standard InChI is InChI=1S/C32H30FN5O4.C21H19BrN2O4/c33-26-16-23(17-34)8-9-27(26)37-14-12-36(13-15-37)18-21-4-6-22(7-5-21)20-42-29-3-1-2-24-25(29)19-38(32(24)41)28-10-11-30(39)35-31(28)40;22-10-13-4-6-14(7-5-13)12-28-18-3-1-2-15-16(18)11-24(21(15)27)17-8-9-19(25)23-20(17)26/h1-9,16,28H,10-15,18-20H2,(H,35,39,40);1-7,17H,8-12H2,(H,23,25,26). The van der Waals surface area contributed by atoms with Crippen molar-refractivity contribution in [3.63, 3.8) is 0 Å². The number of rotatable bonds is 12. The highest BCUT2D eigenvalue weighted by Gasteiger charge is 2.41. The number of hydrogen-bond donors (Lipinski definition) is 2. The van der Waals surface area contributed by atoms with Crippen LogP contribution in [0, 0.1) is 17.1 Å².